The maximum absolute atomic E-state index is 13.3. The molecule has 0 atom stereocenters. The van der Waals surface area contributed by atoms with Crippen LogP contribution < -0.4 is 14.2 Å². The van der Waals surface area contributed by atoms with Gasteiger partial charge in [-0.15, -0.1) is 0 Å². The van der Waals surface area contributed by atoms with Crippen LogP contribution in [0.3, 0.4) is 0 Å². The van der Waals surface area contributed by atoms with E-state index in [2.05, 4.69) is 91.3 Å². The second-order valence-corrected chi connectivity index (χ2v) is 14.5. The molecule has 0 aliphatic carbocycles. The number of amides is 1. The Hall–Kier alpha value is -5.11. The predicted octanol–water partition coefficient (Wildman–Crippen LogP) is 10.2. The Kier molecular flexibility index (Phi) is 12.5. The fraction of sp³-hybridized carbons (Fsp3) is 0.289. The van der Waals surface area contributed by atoms with Crippen LogP contribution in [-0.2, 0) is 24.6 Å². The molecule has 5 aromatic rings. The molecule has 1 saturated heterocycles. The minimum absolute atomic E-state index is 0.00772. The van der Waals surface area contributed by atoms with Crippen molar-refractivity contribution in [2.75, 3.05) is 26.2 Å². The highest BCUT2D eigenvalue weighted by Crippen LogP contribution is 2.35. The molecule has 8 heteroatoms. The summed E-state index contributed by atoms with van der Waals surface area (Å²) in [5, 5.41) is 0.451. The minimum Gasteiger partial charge on any atom is -0.489 e. The standard InChI is InChI=1S/C45H48ClN3O4/c1-31(2)38-14-16-40(17-15-38)51-29-37-12-10-35(11-13-37)28-48-20-22-49(23-21-48)44(50)25-33(4)39-24-34(5)45(42(46)26-39)53-43-19-18-41(27-47-43)52-30-36-8-6-32(3)7-9-36/h6-19,24-27,31H,20-23,28-30H2,1-5H3/b33-25-. The van der Waals surface area contributed by atoms with Crippen LogP contribution in [0.2, 0.25) is 5.02 Å². The van der Waals surface area contributed by atoms with Gasteiger partial charge in [0.05, 0.1) is 11.2 Å². The topological polar surface area (TPSA) is 64.1 Å². The molecule has 53 heavy (non-hydrogen) atoms. The van der Waals surface area contributed by atoms with E-state index in [0.717, 1.165) is 53.2 Å². The fourth-order valence-electron chi connectivity index (χ4n) is 6.16. The Morgan fingerprint density at radius 1 is 0.792 bits per heavy atom. The van der Waals surface area contributed by atoms with Crippen molar-refractivity contribution < 1.29 is 19.0 Å². The average Bonchev–Trinajstić information content (AvgIpc) is 3.16. The largest absolute Gasteiger partial charge is 0.489 e. The Morgan fingerprint density at radius 3 is 2.00 bits per heavy atom. The number of rotatable bonds is 13. The summed E-state index contributed by atoms with van der Waals surface area (Å²) >= 11 is 6.71. The van der Waals surface area contributed by atoms with Crippen molar-refractivity contribution in [2.45, 2.75) is 60.3 Å². The van der Waals surface area contributed by atoms with Gasteiger partial charge in [0, 0.05) is 44.9 Å². The number of allylic oxidation sites excluding steroid dienone is 1. The Labute approximate surface area is 318 Å². The van der Waals surface area contributed by atoms with Gasteiger partial charge in [-0.05, 0) is 96.0 Å². The van der Waals surface area contributed by atoms with E-state index in [1.54, 1.807) is 18.3 Å². The summed E-state index contributed by atoms with van der Waals surface area (Å²) in [6, 6.07) is 32.6. The van der Waals surface area contributed by atoms with Gasteiger partial charge in [0.15, 0.2) is 5.75 Å². The van der Waals surface area contributed by atoms with Gasteiger partial charge in [-0.2, -0.15) is 0 Å². The number of nitrogens with zero attached hydrogens (tertiary/aromatic N) is 3. The van der Waals surface area contributed by atoms with Crippen molar-refractivity contribution in [3.63, 3.8) is 0 Å². The Balaban J connectivity index is 0.960. The third kappa shape index (κ3) is 10.5. The highest BCUT2D eigenvalue weighted by Gasteiger charge is 2.21. The molecule has 1 amide bonds. The summed E-state index contributed by atoms with van der Waals surface area (Å²) in [7, 11) is 0. The molecule has 0 spiro atoms. The van der Waals surface area contributed by atoms with E-state index in [4.69, 9.17) is 25.8 Å². The first-order chi connectivity index (χ1) is 25.6. The quantitative estimate of drug-likeness (QED) is 0.112. The summed E-state index contributed by atoms with van der Waals surface area (Å²) in [6.45, 7) is 15.2. The lowest BCUT2D eigenvalue weighted by Crippen LogP contribution is -2.47. The van der Waals surface area contributed by atoms with Gasteiger partial charge in [0.2, 0.25) is 11.8 Å². The zero-order valence-electron chi connectivity index (χ0n) is 31.3. The number of hydrogen-bond donors (Lipinski definition) is 0. The van der Waals surface area contributed by atoms with Gasteiger partial charge >= 0.3 is 0 Å². The van der Waals surface area contributed by atoms with E-state index in [-0.39, 0.29) is 5.91 Å². The van der Waals surface area contributed by atoms with Crippen molar-refractivity contribution in [1.29, 1.82) is 0 Å². The molecule has 0 N–H and O–H groups in total. The maximum atomic E-state index is 13.3. The highest BCUT2D eigenvalue weighted by atomic mass is 35.5. The van der Waals surface area contributed by atoms with Gasteiger partial charge < -0.3 is 19.1 Å². The molecule has 1 aromatic heterocycles. The van der Waals surface area contributed by atoms with E-state index < -0.39 is 0 Å². The second-order valence-electron chi connectivity index (χ2n) is 14.1. The Morgan fingerprint density at radius 2 is 1.40 bits per heavy atom. The van der Waals surface area contributed by atoms with Crippen LogP contribution >= 0.6 is 11.6 Å². The average molecular weight is 730 g/mol. The van der Waals surface area contributed by atoms with Crippen LogP contribution in [-0.4, -0.2) is 46.9 Å². The molecule has 0 bridgehead atoms. The number of hydrogen-bond acceptors (Lipinski definition) is 6. The molecular formula is C45H48ClN3O4. The number of halogens is 1. The summed E-state index contributed by atoms with van der Waals surface area (Å²) in [5.41, 5.74) is 8.57. The number of aromatic nitrogens is 1. The van der Waals surface area contributed by atoms with Crippen molar-refractivity contribution in [3.05, 3.63) is 153 Å². The fourth-order valence-corrected chi connectivity index (χ4v) is 6.46. The second kappa shape index (κ2) is 17.6. The smallest absolute Gasteiger partial charge is 0.246 e. The number of piperazine rings is 1. The molecule has 274 valence electrons. The molecular weight excluding hydrogens is 682 g/mol. The van der Waals surface area contributed by atoms with Crippen LogP contribution in [0.15, 0.2) is 109 Å². The van der Waals surface area contributed by atoms with E-state index in [1.807, 2.05) is 49.1 Å². The third-order valence-electron chi connectivity index (χ3n) is 9.53. The van der Waals surface area contributed by atoms with Gasteiger partial charge in [-0.1, -0.05) is 91.7 Å². The highest BCUT2D eigenvalue weighted by molar-refractivity contribution is 6.32. The van der Waals surface area contributed by atoms with E-state index >= 15 is 0 Å². The van der Waals surface area contributed by atoms with Gasteiger partial charge in [0.1, 0.15) is 24.7 Å². The lowest BCUT2D eigenvalue weighted by Gasteiger charge is -2.34. The maximum Gasteiger partial charge on any atom is 0.246 e. The number of aryl methyl sites for hydroxylation is 2. The van der Waals surface area contributed by atoms with Crippen LogP contribution in [0, 0.1) is 13.8 Å². The molecule has 7 nitrogen and oxygen atoms in total. The third-order valence-corrected chi connectivity index (χ3v) is 9.81. The first-order valence-corrected chi connectivity index (χ1v) is 18.6. The van der Waals surface area contributed by atoms with Gasteiger partial charge in [0.25, 0.3) is 0 Å². The van der Waals surface area contributed by atoms with E-state index in [1.165, 1.54) is 16.7 Å². The van der Waals surface area contributed by atoms with E-state index in [0.29, 0.717) is 54.6 Å². The lowest BCUT2D eigenvalue weighted by molar-refractivity contribution is -0.127. The van der Waals surface area contributed by atoms with Crippen LogP contribution in [0.25, 0.3) is 5.57 Å². The van der Waals surface area contributed by atoms with Crippen LogP contribution in [0.5, 0.6) is 23.1 Å². The Bertz CT molecular complexity index is 1980. The van der Waals surface area contributed by atoms with Crippen molar-refractivity contribution in [3.8, 4) is 23.1 Å². The normalized spacial score (nSPS) is 13.6. The molecule has 1 fully saturated rings. The van der Waals surface area contributed by atoms with Crippen LogP contribution in [0.1, 0.15) is 65.6 Å². The van der Waals surface area contributed by atoms with Gasteiger partial charge in [-0.25, -0.2) is 4.98 Å². The number of pyridine rings is 1. The molecule has 0 saturated carbocycles. The van der Waals surface area contributed by atoms with Crippen molar-refractivity contribution in [1.82, 2.24) is 14.8 Å². The number of carbonyl (C=O) groups is 1. The molecule has 4 aromatic carbocycles. The molecule has 6 rings (SSSR count). The monoisotopic (exact) mass is 729 g/mol. The SMILES string of the molecule is C/C(=C/C(=O)N1CCN(Cc2ccc(COc3ccc(C(C)C)cc3)cc2)CC1)c1cc(C)c(Oc2ccc(OCc3ccc(C)cc3)cn2)c(Cl)c1. The van der Waals surface area contributed by atoms with Gasteiger partial charge in [-0.3, -0.25) is 9.69 Å². The number of benzene rings is 4. The van der Waals surface area contributed by atoms with Crippen molar-refractivity contribution >= 4 is 23.1 Å². The zero-order chi connectivity index (χ0) is 37.3. The minimum atomic E-state index is 0.00772. The first kappa shape index (κ1) is 37.6. The molecule has 1 aliphatic rings. The number of ether oxygens (including phenoxy) is 3. The predicted molar refractivity (Wildman–Crippen MR) is 213 cm³/mol. The van der Waals surface area contributed by atoms with E-state index in [9.17, 15) is 4.79 Å². The summed E-state index contributed by atoms with van der Waals surface area (Å²) in [6.07, 6.45) is 3.35. The number of carbonyl (C=O) groups excluding carboxylic acids is 1. The molecule has 0 unspecified atom stereocenters. The van der Waals surface area contributed by atoms with Crippen LogP contribution in [0.4, 0.5) is 0 Å². The zero-order valence-corrected chi connectivity index (χ0v) is 32.0. The summed E-state index contributed by atoms with van der Waals surface area (Å²) in [5.74, 6) is 2.99. The molecule has 2 heterocycles. The first-order valence-electron chi connectivity index (χ1n) is 18.2. The molecule has 0 radical (unpaired) electrons. The summed E-state index contributed by atoms with van der Waals surface area (Å²) < 4.78 is 17.9. The summed E-state index contributed by atoms with van der Waals surface area (Å²) in [4.78, 5) is 22.0. The van der Waals surface area contributed by atoms with Crippen molar-refractivity contribution in [2.24, 2.45) is 0 Å². The lowest BCUT2D eigenvalue weighted by atomic mass is 10.0. The molecule has 1 aliphatic heterocycles.